The van der Waals surface area contributed by atoms with E-state index in [9.17, 15) is 4.79 Å². The topological polar surface area (TPSA) is 102 Å². The van der Waals surface area contributed by atoms with E-state index in [1.165, 1.54) is 42.7 Å². The second-order valence-corrected chi connectivity index (χ2v) is 6.60. The van der Waals surface area contributed by atoms with Crippen LogP contribution in [0.3, 0.4) is 0 Å². The maximum atomic E-state index is 12.2. The third-order valence-corrected chi connectivity index (χ3v) is 6.15. The fraction of sp³-hybridized carbons (Fsp3) is 0.909. The summed E-state index contributed by atoms with van der Waals surface area (Å²) < 4.78 is 32.6. The van der Waals surface area contributed by atoms with Gasteiger partial charge in [-0.05, 0) is 0 Å². The zero-order valence-corrected chi connectivity index (χ0v) is 18.5. The van der Waals surface area contributed by atoms with Gasteiger partial charge in [-0.25, -0.2) is 9.69 Å². The summed E-state index contributed by atoms with van der Waals surface area (Å²) in [6, 6.07) is -0.858. The predicted octanol–water partition coefficient (Wildman–Crippen LogP) is -3.06. The van der Waals surface area contributed by atoms with Gasteiger partial charge >= 0.3 is 6.03 Å². The average molecular weight is 357 g/mol. The molecule has 0 fully saturated rings. The van der Waals surface area contributed by atoms with Crippen LogP contribution >= 0.6 is 0 Å². The van der Waals surface area contributed by atoms with Crippen LogP contribution < -0.4 is 5.73 Å². The smallest absolute Gasteiger partial charge is 0.323 e. The number of carbonyl (C=O) groups is 1. The first kappa shape index (κ1) is 21.5. The number of hydrogen-bond donors (Lipinski definition) is 1. The molecule has 0 saturated carbocycles. The van der Waals surface area contributed by atoms with Crippen LogP contribution in [0.25, 0.3) is 0 Å². The lowest BCUT2D eigenvalue weighted by molar-refractivity contribution is -0.412. The predicted molar refractivity (Wildman–Crippen MR) is 86.4 cm³/mol. The zero-order chi connectivity index (χ0) is 17.6. The van der Waals surface area contributed by atoms with E-state index in [-0.39, 0.29) is 0 Å². The SMILES string of the molecule is COC([SiH3])C(OC)(OC)N(C(N)=O)C(OC)(OC)C([SiH3])OC. The standard InChI is InChI=1S/C11H28N2O7Si2/c1-15-7(21)10(17-3,18-4)13(9(12)14)11(19-5,20-6)8(22)16-2/h7-8H,1-6,21-22H3,(H2,12,14). The fourth-order valence-corrected chi connectivity index (χ4v) is 3.84. The molecule has 0 spiro atoms. The molecule has 0 aliphatic carbocycles. The molecule has 2 atom stereocenters. The highest BCUT2D eigenvalue weighted by Gasteiger charge is 2.59. The number of hydrogen-bond acceptors (Lipinski definition) is 7. The Bertz CT molecular complexity index is 327. The Balaban J connectivity index is 6.31. The van der Waals surface area contributed by atoms with E-state index in [4.69, 9.17) is 34.2 Å². The first-order valence-corrected chi connectivity index (χ1v) is 8.94. The monoisotopic (exact) mass is 356 g/mol. The summed E-state index contributed by atoms with van der Waals surface area (Å²) in [6.07, 6.45) is 0. The summed E-state index contributed by atoms with van der Waals surface area (Å²) >= 11 is 0. The molecular formula is C11H28N2O7Si2. The molecule has 0 aromatic heterocycles. The number of nitrogens with two attached hydrogens (primary N) is 1. The Morgan fingerprint density at radius 1 is 0.864 bits per heavy atom. The van der Waals surface area contributed by atoms with Gasteiger partial charge in [0.15, 0.2) is 0 Å². The third kappa shape index (κ3) is 3.51. The zero-order valence-electron chi connectivity index (χ0n) is 14.5. The summed E-state index contributed by atoms with van der Waals surface area (Å²) in [5.41, 5.74) is 4.45. The molecule has 0 saturated heterocycles. The van der Waals surface area contributed by atoms with Gasteiger partial charge in [0, 0.05) is 63.1 Å². The van der Waals surface area contributed by atoms with Gasteiger partial charge in [0.05, 0.1) is 0 Å². The molecule has 0 heterocycles. The van der Waals surface area contributed by atoms with Crippen molar-refractivity contribution >= 4 is 26.5 Å². The molecule has 2 unspecified atom stereocenters. The highest BCUT2D eigenvalue weighted by atomic mass is 28.1. The van der Waals surface area contributed by atoms with Crippen LogP contribution in [-0.2, 0) is 28.4 Å². The summed E-state index contributed by atoms with van der Waals surface area (Å²) in [6.45, 7) is 0. The minimum Gasteiger partial charge on any atom is -0.378 e. The number of ether oxygens (including phenoxy) is 6. The molecule has 0 aliphatic rings. The van der Waals surface area contributed by atoms with Crippen molar-refractivity contribution in [3.05, 3.63) is 0 Å². The van der Waals surface area contributed by atoms with E-state index >= 15 is 0 Å². The number of carbonyl (C=O) groups excluding carboxylic acids is 1. The minimum absolute atomic E-state index is 0.484. The third-order valence-electron chi connectivity index (χ3n) is 3.75. The minimum atomic E-state index is -1.61. The molecule has 132 valence electrons. The van der Waals surface area contributed by atoms with Crippen LogP contribution in [0.5, 0.6) is 0 Å². The van der Waals surface area contributed by atoms with Gasteiger partial charge in [-0.15, -0.1) is 0 Å². The Labute approximate surface area is 137 Å². The molecule has 0 aliphatic heterocycles. The van der Waals surface area contributed by atoms with E-state index in [0.717, 1.165) is 4.90 Å². The summed E-state index contributed by atoms with van der Waals surface area (Å²) in [5.74, 6) is -3.22. The highest BCUT2D eigenvalue weighted by Crippen LogP contribution is 2.34. The lowest BCUT2D eigenvalue weighted by Gasteiger charge is -2.52. The van der Waals surface area contributed by atoms with Gasteiger partial charge in [0.2, 0.25) is 0 Å². The van der Waals surface area contributed by atoms with E-state index < -0.39 is 29.3 Å². The van der Waals surface area contributed by atoms with Crippen molar-refractivity contribution < 1.29 is 33.2 Å². The average Bonchev–Trinajstić information content (AvgIpc) is 2.54. The van der Waals surface area contributed by atoms with Gasteiger partial charge in [0.1, 0.15) is 11.5 Å². The molecule has 2 amide bonds. The van der Waals surface area contributed by atoms with Crippen LogP contribution in [-0.4, -0.2) is 97.4 Å². The van der Waals surface area contributed by atoms with E-state index in [2.05, 4.69) is 0 Å². The first-order valence-electron chi connectivity index (χ1n) is 6.63. The molecule has 11 heteroatoms. The van der Waals surface area contributed by atoms with E-state index in [1.54, 1.807) is 0 Å². The number of rotatable bonds is 10. The lowest BCUT2D eigenvalue weighted by Crippen LogP contribution is -2.75. The molecule has 22 heavy (non-hydrogen) atoms. The second kappa shape index (κ2) is 8.93. The second-order valence-electron chi connectivity index (χ2n) is 4.51. The van der Waals surface area contributed by atoms with Gasteiger partial charge in [-0.1, -0.05) is 0 Å². The van der Waals surface area contributed by atoms with Gasteiger partial charge in [0.25, 0.3) is 11.8 Å². The van der Waals surface area contributed by atoms with Crippen molar-refractivity contribution in [1.29, 1.82) is 0 Å². The van der Waals surface area contributed by atoms with Crippen molar-refractivity contribution in [2.75, 3.05) is 42.7 Å². The maximum Gasteiger partial charge on any atom is 0.323 e. The molecular weight excluding hydrogens is 328 g/mol. The first-order chi connectivity index (χ1) is 10.3. The van der Waals surface area contributed by atoms with Gasteiger partial charge in [-0.2, -0.15) is 0 Å². The number of primary amides is 1. The molecule has 0 aromatic rings. The van der Waals surface area contributed by atoms with Gasteiger partial charge < -0.3 is 34.2 Å². The Morgan fingerprint density at radius 2 is 1.14 bits per heavy atom. The number of methoxy groups -OCH3 is 6. The van der Waals surface area contributed by atoms with Crippen LogP contribution in [0.4, 0.5) is 4.79 Å². The summed E-state index contributed by atoms with van der Waals surface area (Å²) in [5, 5.41) is 0. The van der Waals surface area contributed by atoms with Crippen LogP contribution in [0.1, 0.15) is 0 Å². The normalized spacial score (nSPS) is 15.7. The molecule has 0 rings (SSSR count). The summed E-state index contributed by atoms with van der Waals surface area (Å²) in [7, 11) is 9.47. The fourth-order valence-electron chi connectivity index (χ4n) is 2.38. The Kier molecular flexibility index (Phi) is 8.71. The van der Waals surface area contributed by atoms with Crippen molar-refractivity contribution in [3.63, 3.8) is 0 Å². The van der Waals surface area contributed by atoms with Crippen molar-refractivity contribution in [2.24, 2.45) is 5.73 Å². The molecule has 0 aromatic carbocycles. The van der Waals surface area contributed by atoms with Crippen LogP contribution in [0.2, 0.25) is 0 Å². The molecule has 9 nitrogen and oxygen atoms in total. The quantitative estimate of drug-likeness (QED) is 0.327. The number of urea groups is 1. The number of amides is 2. The maximum absolute atomic E-state index is 12.2. The van der Waals surface area contributed by atoms with E-state index in [0.29, 0.717) is 20.5 Å². The molecule has 0 bridgehead atoms. The largest absolute Gasteiger partial charge is 0.378 e. The molecule has 2 N–H and O–H groups in total. The Hall–Kier alpha value is -0.536. The van der Waals surface area contributed by atoms with Gasteiger partial charge in [-0.3, -0.25) is 0 Å². The van der Waals surface area contributed by atoms with Crippen molar-refractivity contribution in [2.45, 2.75) is 23.3 Å². The van der Waals surface area contributed by atoms with Crippen LogP contribution in [0.15, 0.2) is 0 Å². The Morgan fingerprint density at radius 3 is 1.27 bits per heavy atom. The summed E-state index contributed by atoms with van der Waals surface area (Å²) in [4.78, 5) is 13.3. The molecule has 0 radical (unpaired) electrons. The lowest BCUT2D eigenvalue weighted by atomic mass is 10.3. The number of nitrogens with zero attached hydrogens (tertiary/aromatic N) is 1. The highest BCUT2D eigenvalue weighted by molar-refractivity contribution is 6.12. The van der Waals surface area contributed by atoms with E-state index in [1.807, 2.05) is 0 Å². The van der Waals surface area contributed by atoms with Crippen molar-refractivity contribution in [1.82, 2.24) is 4.90 Å². The van der Waals surface area contributed by atoms with Crippen molar-refractivity contribution in [3.8, 4) is 0 Å². The van der Waals surface area contributed by atoms with Crippen LogP contribution in [0, 0.1) is 0 Å².